The summed E-state index contributed by atoms with van der Waals surface area (Å²) in [6.07, 6.45) is 3.26. The fourth-order valence-corrected chi connectivity index (χ4v) is 2.61. The lowest BCUT2D eigenvalue weighted by Crippen LogP contribution is -2.44. The van der Waals surface area contributed by atoms with Crippen molar-refractivity contribution in [2.75, 3.05) is 19.8 Å². The first-order chi connectivity index (χ1) is 9.95. The first-order valence-electron chi connectivity index (χ1n) is 7.23. The highest BCUT2D eigenvalue weighted by Crippen LogP contribution is 2.41. The highest BCUT2D eigenvalue weighted by Gasteiger charge is 2.39. The quantitative estimate of drug-likeness (QED) is 0.400. The van der Waals surface area contributed by atoms with Gasteiger partial charge in [-0.3, -0.25) is 4.99 Å². The Balaban J connectivity index is 0.00000242. The van der Waals surface area contributed by atoms with Gasteiger partial charge in [0, 0.05) is 35.3 Å². The highest BCUT2D eigenvalue weighted by atomic mass is 127. The van der Waals surface area contributed by atoms with Gasteiger partial charge in [0.2, 0.25) is 0 Å². The van der Waals surface area contributed by atoms with Gasteiger partial charge >= 0.3 is 0 Å². The summed E-state index contributed by atoms with van der Waals surface area (Å²) in [7, 11) is 1.82. The molecule has 2 rings (SSSR count). The zero-order valence-electron chi connectivity index (χ0n) is 13.5. The molecule has 0 bridgehead atoms. The Bertz CT molecular complexity index is 522. The Hall–Kier alpha value is -0.140. The molecular formula is C16H25ClIN3S. The number of aliphatic imine (C=N–C) groups is 1. The van der Waals surface area contributed by atoms with Crippen LogP contribution in [0.4, 0.5) is 0 Å². The molecule has 1 fully saturated rings. The van der Waals surface area contributed by atoms with E-state index in [0.29, 0.717) is 12.0 Å². The molecule has 3 nitrogen and oxygen atoms in total. The molecule has 0 aromatic heterocycles. The zero-order valence-corrected chi connectivity index (χ0v) is 17.4. The third kappa shape index (κ3) is 5.81. The van der Waals surface area contributed by atoms with Crippen LogP contribution in [0.5, 0.6) is 0 Å². The van der Waals surface area contributed by atoms with Gasteiger partial charge in [-0.05, 0) is 44.2 Å². The average molecular weight is 454 g/mol. The maximum Gasteiger partial charge on any atom is 0.191 e. The molecule has 2 unspecified atom stereocenters. The molecule has 124 valence electrons. The predicted molar refractivity (Wildman–Crippen MR) is 110 cm³/mol. The van der Waals surface area contributed by atoms with E-state index in [4.69, 9.17) is 11.6 Å². The van der Waals surface area contributed by atoms with Gasteiger partial charge in [0.05, 0.1) is 0 Å². The van der Waals surface area contributed by atoms with E-state index in [2.05, 4.69) is 47.9 Å². The minimum atomic E-state index is 0. The van der Waals surface area contributed by atoms with Gasteiger partial charge in [0.25, 0.3) is 0 Å². The van der Waals surface area contributed by atoms with Crippen LogP contribution in [0.15, 0.2) is 29.3 Å². The normalized spacial score (nSPS) is 21.0. The van der Waals surface area contributed by atoms with Crippen molar-refractivity contribution in [2.45, 2.75) is 37.0 Å². The Morgan fingerprint density at radius 1 is 1.45 bits per heavy atom. The SMILES string of the molecule is CN=C(NCC(C)(C)SC)NC1CC1c1cccc(Cl)c1.I. The predicted octanol–water partition coefficient (Wildman–Crippen LogP) is 4.12. The summed E-state index contributed by atoms with van der Waals surface area (Å²) in [5.41, 5.74) is 1.31. The van der Waals surface area contributed by atoms with Crippen LogP contribution in [0.2, 0.25) is 5.02 Å². The van der Waals surface area contributed by atoms with Crippen LogP contribution in [0.25, 0.3) is 0 Å². The first kappa shape index (κ1) is 19.9. The van der Waals surface area contributed by atoms with E-state index in [-0.39, 0.29) is 28.7 Å². The maximum atomic E-state index is 6.05. The van der Waals surface area contributed by atoms with E-state index in [1.807, 2.05) is 30.9 Å². The summed E-state index contributed by atoms with van der Waals surface area (Å²) in [5, 5.41) is 7.71. The number of benzene rings is 1. The summed E-state index contributed by atoms with van der Waals surface area (Å²) in [6.45, 7) is 5.34. The molecule has 1 saturated carbocycles. The van der Waals surface area contributed by atoms with E-state index in [9.17, 15) is 0 Å². The zero-order chi connectivity index (χ0) is 15.5. The monoisotopic (exact) mass is 453 g/mol. The lowest BCUT2D eigenvalue weighted by atomic mass is 10.1. The summed E-state index contributed by atoms with van der Waals surface area (Å²) in [4.78, 5) is 4.31. The largest absolute Gasteiger partial charge is 0.355 e. The lowest BCUT2D eigenvalue weighted by molar-refractivity contribution is 0.662. The van der Waals surface area contributed by atoms with Crippen molar-refractivity contribution in [3.63, 3.8) is 0 Å². The standard InChI is InChI=1S/C16H24ClN3S.HI/c1-16(2,21-4)10-19-15(18-3)20-14-9-13(14)11-6-5-7-12(17)8-11;/h5-8,13-14H,9-10H2,1-4H3,(H2,18,19,20);1H. The van der Waals surface area contributed by atoms with Crippen LogP contribution in [-0.4, -0.2) is 36.6 Å². The molecule has 0 saturated heterocycles. The van der Waals surface area contributed by atoms with Crippen LogP contribution in [0.1, 0.15) is 31.7 Å². The van der Waals surface area contributed by atoms with Crippen LogP contribution in [-0.2, 0) is 0 Å². The maximum absolute atomic E-state index is 6.05. The topological polar surface area (TPSA) is 36.4 Å². The first-order valence-corrected chi connectivity index (χ1v) is 8.83. The molecule has 1 aromatic carbocycles. The van der Waals surface area contributed by atoms with Gasteiger partial charge in [-0.2, -0.15) is 11.8 Å². The van der Waals surface area contributed by atoms with E-state index >= 15 is 0 Å². The third-order valence-electron chi connectivity index (χ3n) is 3.85. The van der Waals surface area contributed by atoms with Crippen LogP contribution in [0.3, 0.4) is 0 Å². The Morgan fingerprint density at radius 3 is 2.77 bits per heavy atom. The molecule has 1 aliphatic rings. The van der Waals surface area contributed by atoms with Gasteiger partial charge in [-0.25, -0.2) is 0 Å². The Kier molecular flexibility index (Phi) is 7.82. The van der Waals surface area contributed by atoms with Crippen molar-refractivity contribution in [3.8, 4) is 0 Å². The van der Waals surface area contributed by atoms with Crippen LogP contribution < -0.4 is 10.6 Å². The van der Waals surface area contributed by atoms with Gasteiger partial charge in [0.1, 0.15) is 0 Å². The minimum absolute atomic E-state index is 0. The van der Waals surface area contributed by atoms with E-state index in [0.717, 1.165) is 23.9 Å². The Labute approximate surface area is 160 Å². The second kappa shape index (κ2) is 8.64. The molecular weight excluding hydrogens is 429 g/mol. The fraction of sp³-hybridized carbons (Fsp3) is 0.562. The van der Waals surface area contributed by atoms with Crippen molar-refractivity contribution in [1.29, 1.82) is 0 Å². The minimum Gasteiger partial charge on any atom is -0.355 e. The molecule has 0 aliphatic heterocycles. The van der Waals surface area contributed by atoms with E-state index in [1.54, 1.807) is 0 Å². The molecule has 1 aromatic rings. The van der Waals surface area contributed by atoms with Crippen molar-refractivity contribution >= 4 is 53.3 Å². The molecule has 22 heavy (non-hydrogen) atoms. The molecule has 6 heteroatoms. The highest BCUT2D eigenvalue weighted by molar-refractivity contribution is 14.0. The number of hydrogen-bond acceptors (Lipinski definition) is 2. The molecule has 0 radical (unpaired) electrons. The molecule has 0 heterocycles. The fourth-order valence-electron chi connectivity index (χ4n) is 2.20. The molecule has 2 atom stereocenters. The van der Waals surface area contributed by atoms with Gasteiger partial charge < -0.3 is 10.6 Å². The average Bonchev–Trinajstić information content (AvgIpc) is 3.23. The number of rotatable bonds is 5. The number of nitrogens with zero attached hydrogens (tertiary/aromatic N) is 1. The Morgan fingerprint density at radius 2 is 2.18 bits per heavy atom. The smallest absolute Gasteiger partial charge is 0.191 e. The molecule has 0 spiro atoms. The van der Waals surface area contributed by atoms with Gasteiger partial charge in [-0.15, -0.1) is 24.0 Å². The van der Waals surface area contributed by atoms with E-state index in [1.165, 1.54) is 5.56 Å². The summed E-state index contributed by atoms with van der Waals surface area (Å²) in [5.74, 6) is 1.42. The van der Waals surface area contributed by atoms with Crippen molar-refractivity contribution in [2.24, 2.45) is 4.99 Å². The van der Waals surface area contributed by atoms with E-state index < -0.39 is 0 Å². The van der Waals surface area contributed by atoms with Crippen molar-refractivity contribution in [3.05, 3.63) is 34.9 Å². The lowest BCUT2D eigenvalue weighted by Gasteiger charge is -2.23. The number of hydrogen-bond donors (Lipinski definition) is 2. The molecule has 0 amide bonds. The second-order valence-electron chi connectivity index (χ2n) is 6.04. The van der Waals surface area contributed by atoms with Crippen LogP contribution >= 0.6 is 47.3 Å². The molecule has 2 N–H and O–H groups in total. The second-order valence-corrected chi connectivity index (χ2v) is 7.99. The summed E-state index contributed by atoms with van der Waals surface area (Å²) < 4.78 is 0.202. The number of guanidine groups is 1. The van der Waals surface area contributed by atoms with Gasteiger partial charge in [-0.1, -0.05) is 23.7 Å². The summed E-state index contributed by atoms with van der Waals surface area (Å²) >= 11 is 7.91. The van der Waals surface area contributed by atoms with Crippen molar-refractivity contribution < 1.29 is 0 Å². The molecule has 1 aliphatic carbocycles. The third-order valence-corrected chi connectivity index (χ3v) is 5.33. The number of nitrogens with one attached hydrogen (secondary N) is 2. The van der Waals surface area contributed by atoms with Crippen LogP contribution in [0, 0.1) is 0 Å². The number of halogens is 2. The van der Waals surface area contributed by atoms with Gasteiger partial charge in [0.15, 0.2) is 5.96 Å². The van der Waals surface area contributed by atoms with Crippen molar-refractivity contribution in [1.82, 2.24) is 10.6 Å². The summed E-state index contributed by atoms with van der Waals surface area (Å²) in [6, 6.07) is 8.58. The number of thioether (sulfide) groups is 1.